The average Bonchev–Trinajstić information content (AvgIpc) is 3.44. The number of esters is 1. The number of hydrogen-bond acceptors (Lipinski definition) is 7. The molecule has 4 heterocycles. The number of likely N-dealkylation sites (tertiary alicyclic amines) is 1. The minimum atomic E-state index is -1.41. The first-order valence-electron chi connectivity index (χ1n) is 15.3. The molecule has 1 unspecified atom stereocenters. The van der Waals surface area contributed by atoms with E-state index in [0.717, 1.165) is 18.8 Å². The van der Waals surface area contributed by atoms with E-state index < -0.39 is 54.1 Å². The Bertz CT molecular complexity index is 1400. The molecule has 0 radical (unpaired) electrons. The number of aliphatic hydroxyl groups is 1. The number of hydrogen-bond donors (Lipinski definition) is 1. The highest BCUT2D eigenvalue weighted by Gasteiger charge is 2.72. The Morgan fingerprint density at radius 1 is 1.00 bits per heavy atom. The van der Waals surface area contributed by atoms with E-state index in [4.69, 9.17) is 9.47 Å². The van der Waals surface area contributed by atoms with Gasteiger partial charge in [0.05, 0.1) is 31.3 Å². The monoisotopic (exact) mass is 585 g/mol. The zero-order valence-corrected chi connectivity index (χ0v) is 24.7. The number of carbonyl (C=O) groups excluding carboxylic acids is 3. The minimum absolute atomic E-state index is 0.253. The van der Waals surface area contributed by atoms with Crippen LogP contribution in [0, 0.1) is 11.8 Å². The van der Waals surface area contributed by atoms with E-state index in [1.807, 2.05) is 78.9 Å². The lowest BCUT2D eigenvalue weighted by Gasteiger charge is -2.38. The van der Waals surface area contributed by atoms with E-state index in [2.05, 4.69) is 18.7 Å². The molecule has 2 amide bonds. The van der Waals surface area contributed by atoms with Crippen molar-refractivity contribution in [3.63, 3.8) is 0 Å². The summed E-state index contributed by atoms with van der Waals surface area (Å²) in [5.74, 6) is -3.12. The first kappa shape index (κ1) is 29.1. The third-order valence-corrected chi connectivity index (χ3v) is 9.27. The molecule has 0 aromatic heterocycles. The van der Waals surface area contributed by atoms with Crippen LogP contribution in [-0.4, -0.2) is 78.4 Å². The maximum absolute atomic E-state index is 14.8. The first-order chi connectivity index (χ1) is 20.9. The predicted molar refractivity (Wildman–Crippen MR) is 162 cm³/mol. The van der Waals surface area contributed by atoms with Crippen molar-refractivity contribution in [2.45, 2.75) is 50.5 Å². The Morgan fingerprint density at radius 3 is 2.44 bits per heavy atom. The quantitative estimate of drug-likeness (QED) is 0.391. The summed E-state index contributed by atoms with van der Waals surface area (Å²) < 4.78 is 12.3. The largest absolute Gasteiger partial charge is 0.465 e. The number of cyclic esters (lactones) is 1. The van der Waals surface area contributed by atoms with Crippen LogP contribution in [0.25, 0.3) is 0 Å². The Labute approximate surface area is 252 Å². The Balaban J connectivity index is 1.46. The number of benzene rings is 2. The molecule has 9 nitrogen and oxygen atoms in total. The number of aliphatic hydroxyl groups excluding tert-OH is 1. The van der Waals surface area contributed by atoms with Crippen LogP contribution in [0.3, 0.4) is 0 Å². The van der Waals surface area contributed by atoms with Gasteiger partial charge in [0.2, 0.25) is 5.91 Å². The summed E-state index contributed by atoms with van der Waals surface area (Å²) in [6, 6.07) is 15.1. The van der Waals surface area contributed by atoms with Crippen molar-refractivity contribution >= 4 is 29.2 Å². The summed E-state index contributed by atoms with van der Waals surface area (Å²) in [5, 5.41) is 10.7. The average molecular weight is 586 g/mol. The number of anilines is 2. The Morgan fingerprint density at radius 2 is 1.74 bits per heavy atom. The van der Waals surface area contributed by atoms with Crippen LogP contribution in [0.4, 0.5) is 11.4 Å². The van der Waals surface area contributed by atoms with Crippen LogP contribution < -0.4 is 9.80 Å². The third-order valence-electron chi connectivity index (χ3n) is 9.27. The van der Waals surface area contributed by atoms with E-state index >= 15 is 0 Å². The van der Waals surface area contributed by atoms with E-state index in [1.165, 1.54) is 4.90 Å². The van der Waals surface area contributed by atoms with Crippen molar-refractivity contribution in [1.29, 1.82) is 0 Å². The number of ether oxygens (including phenoxy) is 2. The van der Waals surface area contributed by atoms with E-state index in [0.29, 0.717) is 24.1 Å². The van der Waals surface area contributed by atoms with Crippen molar-refractivity contribution in [2.75, 3.05) is 42.6 Å². The lowest BCUT2D eigenvalue weighted by atomic mass is 9.78. The van der Waals surface area contributed by atoms with Crippen LogP contribution in [-0.2, 0) is 23.9 Å². The molecule has 0 saturated carbocycles. The van der Waals surface area contributed by atoms with Gasteiger partial charge in [0.1, 0.15) is 17.6 Å². The standard InChI is InChI=1S/C34H39N3O6/c1-3-35(4-2)24-15-17-25(18-16-24)36-20-11-19-34-29(28-27(43-34)14-9-6-10-21-42-33(28)41)31(39)37(30(34)32(36)40)26(22-38)23-12-7-5-8-13-23/h5,7-9,11-19,26-30,38H,3-4,6,10,20-22H2,1-2H3/b14-9-/t26-,27-,28+,29+,30?,34+/m1/s1. The van der Waals surface area contributed by atoms with Gasteiger partial charge in [0.25, 0.3) is 5.91 Å². The number of amides is 2. The summed E-state index contributed by atoms with van der Waals surface area (Å²) in [6.07, 6.45) is 8.15. The van der Waals surface area contributed by atoms with E-state index in [9.17, 15) is 19.5 Å². The van der Waals surface area contributed by atoms with Gasteiger partial charge in [-0.25, -0.2) is 0 Å². The molecule has 2 aromatic rings. The van der Waals surface area contributed by atoms with Crippen LogP contribution in [0.1, 0.15) is 38.3 Å². The van der Waals surface area contributed by atoms with Gasteiger partial charge in [-0.1, -0.05) is 54.6 Å². The molecule has 9 heteroatoms. The van der Waals surface area contributed by atoms with Crippen molar-refractivity contribution in [3.05, 3.63) is 84.5 Å². The van der Waals surface area contributed by atoms with Gasteiger partial charge in [-0.15, -0.1) is 0 Å². The Kier molecular flexibility index (Phi) is 8.11. The molecule has 4 aliphatic rings. The highest BCUT2D eigenvalue weighted by atomic mass is 16.6. The molecule has 43 heavy (non-hydrogen) atoms. The summed E-state index contributed by atoms with van der Waals surface area (Å²) in [5.41, 5.74) is 1.03. The number of rotatable bonds is 7. The second-order valence-electron chi connectivity index (χ2n) is 11.5. The molecule has 0 bridgehead atoms. The second-order valence-corrected chi connectivity index (χ2v) is 11.5. The fraction of sp³-hybridized carbons (Fsp3) is 0.441. The maximum atomic E-state index is 14.8. The van der Waals surface area contributed by atoms with Crippen molar-refractivity contribution in [2.24, 2.45) is 11.8 Å². The van der Waals surface area contributed by atoms with E-state index in [1.54, 1.807) is 4.90 Å². The third kappa shape index (κ3) is 4.84. The molecule has 0 aliphatic carbocycles. The predicted octanol–water partition coefficient (Wildman–Crippen LogP) is 3.64. The number of nitrogens with zero attached hydrogens (tertiary/aromatic N) is 3. The van der Waals surface area contributed by atoms with Gasteiger partial charge in [-0.2, -0.15) is 0 Å². The summed E-state index contributed by atoms with van der Waals surface area (Å²) in [4.78, 5) is 48.2. The summed E-state index contributed by atoms with van der Waals surface area (Å²) in [7, 11) is 0. The SMILES string of the molecule is CCN(CC)c1ccc(N2CC=C[C@]34O[C@@H]5/C=C\CCCOC(=O)[C@@H]5[C@H]3C(=O)N([C@H](CO)c3ccccc3)C4C2=O)cc1. The van der Waals surface area contributed by atoms with Crippen LogP contribution in [0.15, 0.2) is 78.9 Å². The van der Waals surface area contributed by atoms with Gasteiger partial charge in [0.15, 0.2) is 0 Å². The van der Waals surface area contributed by atoms with Crippen molar-refractivity contribution < 1.29 is 29.0 Å². The molecule has 2 fully saturated rings. The fourth-order valence-electron chi connectivity index (χ4n) is 7.22. The zero-order valence-electron chi connectivity index (χ0n) is 24.7. The van der Waals surface area contributed by atoms with Crippen LogP contribution in [0.5, 0.6) is 0 Å². The normalized spacial score (nSPS) is 29.9. The molecule has 1 spiro atoms. The van der Waals surface area contributed by atoms with Gasteiger partial charge in [-0.05, 0) is 56.5 Å². The van der Waals surface area contributed by atoms with Crippen molar-refractivity contribution in [1.82, 2.24) is 4.90 Å². The van der Waals surface area contributed by atoms with Crippen molar-refractivity contribution in [3.8, 4) is 0 Å². The zero-order chi connectivity index (χ0) is 30.1. The van der Waals surface area contributed by atoms with Crippen LogP contribution >= 0.6 is 0 Å². The summed E-state index contributed by atoms with van der Waals surface area (Å²) in [6.45, 7) is 6.05. The second kappa shape index (κ2) is 12.0. The number of carbonyl (C=O) groups is 3. The minimum Gasteiger partial charge on any atom is -0.465 e. The van der Waals surface area contributed by atoms with Gasteiger partial charge < -0.3 is 29.3 Å². The number of fused-ring (bicyclic) bond motifs is 2. The van der Waals surface area contributed by atoms with E-state index in [-0.39, 0.29) is 19.1 Å². The molecule has 1 N–H and O–H groups in total. The highest BCUT2D eigenvalue weighted by Crippen LogP contribution is 2.55. The smallest absolute Gasteiger partial charge is 0.312 e. The summed E-state index contributed by atoms with van der Waals surface area (Å²) >= 11 is 0. The molecular weight excluding hydrogens is 546 g/mol. The fourth-order valence-corrected chi connectivity index (χ4v) is 7.22. The molecule has 4 aliphatic heterocycles. The molecule has 6 atom stereocenters. The van der Waals surface area contributed by atoms with Gasteiger partial charge >= 0.3 is 5.97 Å². The lowest BCUT2D eigenvalue weighted by Crippen LogP contribution is -2.56. The van der Waals surface area contributed by atoms with Crippen LogP contribution in [0.2, 0.25) is 0 Å². The molecule has 2 aromatic carbocycles. The Hall–Kier alpha value is -3.95. The van der Waals surface area contributed by atoms with Gasteiger partial charge in [-0.3, -0.25) is 14.4 Å². The van der Waals surface area contributed by atoms with Gasteiger partial charge in [0, 0.05) is 31.0 Å². The molecule has 226 valence electrons. The topological polar surface area (TPSA) is 99.6 Å². The highest BCUT2D eigenvalue weighted by molar-refractivity contribution is 6.05. The molecule has 2 saturated heterocycles. The molecular formula is C34H39N3O6. The first-order valence-corrected chi connectivity index (χ1v) is 15.3. The maximum Gasteiger partial charge on any atom is 0.312 e. The molecule has 6 rings (SSSR count). The lowest BCUT2D eigenvalue weighted by molar-refractivity contribution is -0.155. The number of allylic oxidation sites excluding steroid dienone is 1.